The molecule has 2 atom stereocenters. The van der Waals surface area contributed by atoms with Gasteiger partial charge >= 0.3 is 0 Å². The minimum absolute atomic E-state index is 0.124. The maximum absolute atomic E-state index is 13.9. The van der Waals surface area contributed by atoms with Gasteiger partial charge in [-0.3, -0.25) is 9.10 Å². The van der Waals surface area contributed by atoms with Crippen molar-refractivity contribution < 1.29 is 17.9 Å². The number of carbonyl (C=O) groups is 1. The SMILES string of the molecule is Cc1ccc(S(=O)(=O)N2CC(C(=O)NC(C)c3cc(C)c(C)cc3C)Oc3ccc(C(C)(C)C)cc32)cc1. The predicted octanol–water partition coefficient (Wildman–Crippen LogP) is 6.05. The first-order valence-electron chi connectivity index (χ1n) is 13.0. The molecule has 0 saturated carbocycles. The summed E-state index contributed by atoms with van der Waals surface area (Å²) >= 11 is 0. The first-order valence-corrected chi connectivity index (χ1v) is 14.4. The quantitative estimate of drug-likeness (QED) is 0.432. The Hall–Kier alpha value is -3.32. The largest absolute Gasteiger partial charge is 0.476 e. The van der Waals surface area contributed by atoms with Crippen LogP contribution in [0.4, 0.5) is 5.69 Å². The van der Waals surface area contributed by atoms with Crippen LogP contribution in [0.5, 0.6) is 5.75 Å². The lowest BCUT2D eigenvalue weighted by molar-refractivity contribution is -0.128. The van der Waals surface area contributed by atoms with Crippen LogP contribution in [0.25, 0.3) is 0 Å². The number of rotatable bonds is 5. The van der Waals surface area contributed by atoms with E-state index < -0.39 is 16.1 Å². The summed E-state index contributed by atoms with van der Waals surface area (Å²) in [7, 11) is -3.95. The topological polar surface area (TPSA) is 75.7 Å². The first kappa shape index (κ1) is 27.7. The molecule has 38 heavy (non-hydrogen) atoms. The van der Waals surface area contributed by atoms with Gasteiger partial charge < -0.3 is 10.1 Å². The number of fused-ring (bicyclic) bond motifs is 1. The van der Waals surface area contributed by atoms with Crippen molar-refractivity contribution in [1.29, 1.82) is 0 Å². The number of nitrogens with zero attached hydrogens (tertiary/aromatic N) is 1. The Balaban J connectivity index is 1.70. The summed E-state index contributed by atoms with van der Waals surface area (Å²) in [6, 6.07) is 16.3. The normalized spacial score (nSPS) is 16.4. The molecule has 7 heteroatoms. The highest BCUT2D eigenvalue weighted by atomic mass is 32.2. The molecule has 0 saturated heterocycles. The van der Waals surface area contributed by atoms with E-state index in [0.717, 1.165) is 27.8 Å². The molecule has 2 unspecified atom stereocenters. The van der Waals surface area contributed by atoms with E-state index in [0.29, 0.717) is 11.4 Å². The van der Waals surface area contributed by atoms with E-state index in [4.69, 9.17) is 4.74 Å². The summed E-state index contributed by atoms with van der Waals surface area (Å²) in [5.41, 5.74) is 6.66. The fraction of sp³-hybridized carbons (Fsp3) is 0.387. The standard InChI is InChI=1S/C31H38N2O4S/c1-19-9-12-25(13-10-19)38(35,36)33-18-29(37-28-14-11-24(17-27(28)33)31(6,7)8)30(34)32-23(5)26-16-21(3)20(2)15-22(26)4/h9-17,23,29H,18H2,1-8H3,(H,32,34). The van der Waals surface area contributed by atoms with E-state index in [1.165, 1.54) is 9.87 Å². The molecule has 0 aliphatic carbocycles. The van der Waals surface area contributed by atoms with Crippen LogP contribution in [0.3, 0.4) is 0 Å². The number of carbonyl (C=O) groups excluding carboxylic acids is 1. The monoisotopic (exact) mass is 534 g/mol. The predicted molar refractivity (Wildman–Crippen MR) is 152 cm³/mol. The molecule has 0 bridgehead atoms. The number of ether oxygens (including phenoxy) is 1. The zero-order valence-electron chi connectivity index (χ0n) is 23.5. The van der Waals surface area contributed by atoms with Crippen LogP contribution in [0.1, 0.15) is 67.1 Å². The third kappa shape index (κ3) is 5.44. The Morgan fingerprint density at radius 2 is 1.58 bits per heavy atom. The summed E-state index contributed by atoms with van der Waals surface area (Å²) in [5, 5.41) is 3.05. The Bertz CT molecular complexity index is 1470. The second-order valence-electron chi connectivity index (χ2n) is 11.4. The van der Waals surface area contributed by atoms with Gasteiger partial charge in [0.15, 0.2) is 6.10 Å². The van der Waals surface area contributed by atoms with Gasteiger partial charge in [0.05, 0.1) is 23.2 Å². The van der Waals surface area contributed by atoms with Crippen molar-refractivity contribution in [1.82, 2.24) is 5.32 Å². The third-order valence-corrected chi connectivity index (χ3v) is 9.10. The van der Waals surface area contributed by atoms with Gasteiger partial charge in [-0.05, 0) is 92.1 Å². The molecule has 3 aromatic rings. The van der Waals surface area contributed by atoms with Crippen LogP contribution >= 0.6 is 0 Å². The van der Waals surface area contributed by atoms with Gasteiger partial charge in [-0.25, -0.2) is 8.42 Å². The van der Waals surface area contributed by atoms with Gasteiger partial charge in [0.2, 0.25) is 0 Å². The smallest absolute Gasteiger partial charge is 0.264 e. The molecule has 1 N–H and O–H groups in total. The number of aryl methyl sites for hydroxylation is 4. The van der Waals surface area contributed by atoms with Crippen LogP contribution in [0, 0.1) is 27.7 Å². The van der Waals surface area contributed by atoms with Crippen LogP contribution in [-0.2, 0) is 20.2 Å². The lowest BCUT2D eigenvalue weighted by Crippen LogP contribution is -2.51. The highest BCUT2D eigenvalue weighted by molar-refractivity contribution is 7.92. The summed E-state index contributed by atoms with van der Waals surface area (Å²) in [6.07, 6.45) is -1.00. The molecule has 0 fully saturated rings. The highest BCUT2D eigenvalue weighted by Crippen LogP contribution is 2.40. The van der Waals surface area contributed by atoms with E-state index in [1.54, 1.807) is 30.3 Å². The van der Waals surface area contributed by atoms with E-state index in [1.807, 2.05) is 39.8 Å². The third-order valence-electron chi connectivity index (χ3n) is 7.30. The van der Waals surface area contributed by atoms with Crippen molar-refractivity contribution in [3.8, 4) is 5.75 Å². The van der Waals surface area contributed by atoms with Crippen molar-refractivity contribution in [3.63, 3.8) is 0 Å². The zero-order valence-corrected chi connectivity index (χ0v) is 24.4. The average molecular weight is 535 g/mol. The van der Waals surface area contributed by atoms with Crippen LogP contribution in [0.15, 0.2) is 59.5 Å². The lowest BCUT2D eigenvalue weighted by atomic mass is 9.86. The van der Waals surface area contributed by atoms with Gasteiger partial charge in [0.25, 0.3) is 15.9 Å². The van der Waals surface area contributed by atoms with Crippen LogP contribution in [0.2, 0.25) is 0 Å². The van der Waals surface area contributed by atoms with E-state index in [-0.39, 0.29) is 28.8 Å². The summed E-state index contributed by atoms with van der Waals surface area (Å²) in [6.45, 7) is 16.1. The fourth-order valence-corrected chi connectivity index (χ4v) is 6.22. The Labute approximate surface area is 227 Å². The molecular formula is C31H38N2O4S. The molecular weight excluding hydrogens is 496 g/mol. The van der Waals surface area contributed by atoms with Crippen molar-refractivity contribution in [2.45, 2.75) is 77.8 Å². The molecule has 1 heterocycles. The molecule has 1 amide bonds. The van der Waals surface area contributed by atoms with Gasteiger partial charge in [0.1, 0.15) is 5.75 Å². The van der Waals surface area contributed by atoms with Crippen LogP contribution in [-0.4, -0.2) is 27.0 Å². The van der Waals surface area contributed by atoms with Crippen molar-refractivity contribution >= 4 is 21.6 Å². The van der Waals surface area contributed by atoms with E-state index in [9.17, 15) is 13.2 Å². The molecule has 4 rings (SSSR count). The Kier molecular flexibility index (Phi) is 7.36. The van der Waals surface area contributed by atoms with Gasteiger partial charge in [-0.15, -0.1) is 0 Å². The maximum Gasteiger partial charge on any atom is 0.264 e. The number of sulfonamides is 1. The van der Waals surface area contributed by atoms with Crippen molar-refractivity contribution in [3.05, 3.63) is 88.0 Å². The number of amides is 1. The molecule has 1 aliphatic rings. The maximum atomic E-state index is 13.9. The second kappa shape index (κ2) is 10.1. The van der Waals surface area contributed by atoms with E-state index in [2.05, 4.69) is 45.1 Å². The molecule has 0 spiro atoms. The molecule has 202 valence electrons. The second-order valence-corrected chi connectivity index (χ2v) is 13.3. The molecule has 3 aromatic carbocycles. The average Bonchev–Trinajstić information content (AvgIpc) is 2.84. The number of benzene rings is 3. The number of nitrogens with one attached hydrogen (secondary N) is 1. The van der Waals surface area contributed by atoms with Crippen molar-refractivity contribution in [2.24, 2.45) is 0 Å². The minimum atomic E-state index is -3.95. The first-order chi connectivity index (χ1) is 17.7. The van der Waals surface area contributed by atoms with Gasteiger partial charge in [-0.2, -0.15) is 0 Å². The van der Waals surface area contributed by atoms with Gasteiger partial charge in [-0.1, -0.05) is 56.7 Å². The number of hydrogen-bond acceptors (Lipinski definition) is 4. The molecule has 1 aliphatic heterocycles. The zero-order chi connectivity index (χ0) is 28.0. The number of hydrogen-bond donors (Lipinski definition) is 1. The Morgan fingerprint density at radius 1 is 0.947 bits per heavy atom. The minimum Gasteiger partial charge on any atom is -0.476 e. The summed E-state index contributed by atoms with van der Waals surface area (Å²) < 4.78 is 35.2. The van der Waals surface area contributed by atoms with Gasteiger partial charge in [0, 0.05) is 0 Å². The fourth-order valence-electron chi connectivity index (χ4n) is 4.75. The van der Waals surface area contributed by atoms with Crippen molar-refractivity contribution in [2.75, 3.05) is 10.8 Å². The lowest BCUT2D eigenvalue weighted by Gasteiger charge is -2.36. The van der Waals surface area contributed by atoms with Crippen LogP contribution < -0.4 is 14.4 Å². The van der Waals surface area contributed by atoms with E-state index >= 15 is 0 Å². The molecule has 0 radical (unpaired) electrons. The molecule has 0 aromatic heterocycles. The summed E-state index contributed by atoms with van der Waals surface area (Å²) in [4.78, 5) is 13.7. The molecule has 6 nitrogen and oxygen atoms in total. The number of anilines is 1. The summed E-state index contributed by atoms with van der Waals surface area (Å²) in [5.74, 6) is 0.0138. The highest BCUT2D eigenvalue weighted by Gasteiger charge is 2.38. The Morgan fingerprint density at radius 3 is 2.21 bits per heavy atom.